The molecule has 0 radical (unpaired) electrons. The van der Waals surface area contributed by atoms with Gasteiger partial charge < -0.3 is 14.6 Å². The number of hydrogen-bond acceptors (Lipinski definition) is 4. The molecule has 2 aliphatic rings. The number of rotatable bonds is 7. The number of aliphatic hydroxyl groups excluding tert-OH is 1. The predicted octanol–water partition coefficient (Wildman–Crippen LogP) is 4.03. The van der Waals surface area contributed by atoms with E-state index in [4.69, 9.17) is 0 Å². The predicted molar refractivity (Wildman–Crippen MR) is 130 cm³/mol. The number of fused-ring (bicyclic) bond motifs is 1. The van der Waals surface area contributed by atoms with Crippen LogP contribution in [-0.2, 0) is 23.2 Å². The van der Waals surface area contributed by atoms with Gasteiger partial charge >= 0.3 is 0 Å². The number of aliphatic hydroxyl groups is 1. The number of aromatic nitrogens is 1. The molecule has 2 aromatic rings. The Hall–Kier alpha value is -1.41. The number of nitrogens with one attached hydrogen (secondary N) is 1. The minimum Gasteiger partial charge on any atom is -0.390 e. The molecule has 0 amide bonds. The Labute approximate surface area is 193 Å². The molecule has 7 heteroatoms. The van der Waals surface area contributed by atoms with Crippen LogP contribution in [0.3, 0.4) is 0 Å². The van der Waals surface area contributed by atoms with E-state index in [1.807, 2.05) is 18.2 Å². The molecule has 2 fully saturated rings. The Balaban J connectivity index is 1.51. The maximum Gasteiger partial charge on any atom is 0.209 e. The topological polar surface area (TPSA) is 74.6 Å². The lowest BCUT2D eigenvalue weighted by Crippen LogP contribution is -2.44. The Bertz CT molecular complexity index is 1010. The van der Waals surface area contributed by atoms with Gasteiger partial charge in [0.05, 0.1) is 12.9 Å². The zero-order chi connectivity index (χ0) is 22.9. The van der Waals surface area contributed by atoms with Gasteiger partial charge in [-0.3, -0.25) is 0 Å². The lowest BCUT2D eigenvalue weighted by Gasteiger charge is -2.42. The van der Waals surface area contributed by atoms with Crippen LogP contribution in [-0.4, -0.2) is 48.4 Å². The van der Waals surface area contributed by atoms with Crippen molar-refractivity contribution in [3.05, 3.63) is 35.5 Å². The molecule has 0 bridgehead atoms. The first-order valence-electron chi connectivity index (χ1n) is 12.2. The van der Waals surface area contributed by atoms with Crippen molar-refractivity contribution in [1.29, 1.82) is 0 Å². The Kier molecular flexibility index (Phi) is 7.30. The molecule has 0 unspecified atom stereocenters. The number of nitrogens with zero attached hydrogens (tertiary/aromatic N) is 2. The number of piperidine rings is 1. The SMILES string of the molecule is CC(C)[C@H]1CC[C@@H](N2CCC(n3c(CO)c(CNS(C)(=O)=O)c4ccccc43)CC2)CC1. The van der Waals surface area contributed by atoms with Crippen LogP contribution >= 0.6 is 0 Å². The Morgan fingerprint density at radius 1 is 1.03 bits per heavy atom. The molecule has 32 heavy (non-hydrogen) atoms. The van der Waals surface area contributed by atoms with Crippen LogP contribution in [0.5, 0.6) is 0 Å². The van der Waals surface area contributed by atoms with Gasteiger partial charge in [0.25, 0.3) is 0 Å². The first-order valence-corrected chi connectivity index (χ1v) is 14.1. The van der Waals surface area contributed by atoms with E-state index in [1.165, 1.54) is 31.9 Å². The van der Waals surface area contributed by atoms with Crippen LogP contribution in [0.25, 0.3) is 10.9 Å². The third-order valence-electron chi connectivity index (χ3n) is 7.85. The van der Waals surface area contributed by atoms with Gasteiger partial charge in [0, 0.05) is 48.3 Å². The monoisotopic (exact) mass is 461 g/mol. The molecule has 1 saturated carbocycles. The molecule has 6 nitrogen and oxygen atoms in total. The van der Waals surface area contributed by atoms with E-state index >= 15 is 0 Å². The van der Waals surface area contributed by atoms with Crippen molar-refractivity contribution >= 4 is 20.9 Å². The molecule has 4 rings (SSSR count). The molecular formula is C25H39N3O3S. The lowest BCUT2D eigenvalue weighted by atomic mass is 9.79. The first-order chi connectivity index (χ1) is 15.3. The average Bonchev–Trinajstić information content (AvgIpc) is 3.11. The van der Waals surface area contributed by atoms with Crippen LogP contribution in [0, 0.1) is 11.8 Å². The van der Waals surface area contributed by atoms with E-state index < -0.39 is 10.0 Å². The van der Waals surface area contributed by atoms with Gasteiger partial charge in [-0.15, -0.1) is 0 Å². The van der Waals surface area contributed by atoms with Crippen LogP contribution in [0.15, 0.2) is 24.3 Å². The van der Waals surface area contributed by atoms with E-state index in [0.717, 1.165) is 66.0 Å². The number of likely N-dealkylation sites (tertiary alicyclic amines) is 1. The molecule has 1 aromatic carbocycles. The van der Waals surface area contributed by atoms with Crippen LogP contribution in [0.1, 0.15) is 69.7 Å². The van der Waals surface area contributed by atoms with Crippen LogP contribution in [0.4, 0.5) is 0 Å². The molecule has 2 heterocycles. The third-order valence-corrected chi connectivity index (χ3v) is 8.52. The first kappa shape index (κ1) is 23.7. The lowest BCUT2D eigenvalue weighted by molar-refractivity contribution is 0.0881. The average molecular weight is 462 g/mol. The van der Waals surface area contributed by atoms with E-state index in [-0.39, 0.29) is 13.2 Å². The van der Waals surface area contributed by atoms with Gasteiger partial charge in [-0.05, 0) is 62.0 Å². The summed E-state index contributed by atoms with van der Waals surface area (Å²) in [7, 11) is -3.31. The molecule has 1 saturated heterocycles. The third kappa shape index (κ3) is 5.06. The van der Waals surface area contributed by atoms with E-state index in [1.54, 1.807) is 0 Å². The fourth-order valence-electron chi connectivity index (χ4n) is 6.02. The summed E-state index contributed by atoms with van der Waals surface area (Å²) >= 11 is 0. The van der Waals surface area contributed by atoms with Gasteiger partial charge in [0.15, 0.2) is 0 Å². The van der Waals surface area contributed by atoms with Gasteiger partial charge in [-0.1, -0.05) is 32.0 Å². The quantitative estimate of drug-likeness (QED) is 0.653. The summed E-state index contributed by atoms with van der Waals surface area (Å²) in [6.45, 7) is 7.02. The van der Waals surface area contributed by atoms with Crippen molar-refractivity contribution in [2.45, 2.75) is 77.6 Å². The molecular weight excluding hydrogens is 422 g/mol. The second-order valence-corrected chi connectivity index (χ2v) is 12.0. The second-order valence-electron chi connectivity index (χ2n) is 10.1. The highest BCUT2D eigenvalue weighted by atomic mass is 32.2. The van der Waals surface area contributed by atoms with Crippen LogP contribution in [0.2, 0.25) is 0 Å². The summed E-state index contributed by atoms with van der Waals surface area (Å²) in [6.07, 6.45) is 8.66. The van der Waals surface area contributed by atoms with Gasteiger partial charge in [-0.25, -0.2) is 13.1 Å². The molecule has 1 aliphatic heterocycles. The van der Waals surface area contributed by atoms with Crippen molar-refractivity contribution in [3.63, 3.8) is 0 Å². The summed E-state index contributed by atoms with van der Waals surface area (Å²) in [5, 5.41) is 11.3. The zero-order valence-electron chi connectivity index (χ0n) is 19.8. The van der Waals surface area contributed by atoms with Crippen molar-refractivity contribution < 1.29 is 13.5 Å². The summed E-state index contributed by atoms with van der Waals surface area (Å²) in [5.74, 6) is 1.69. The standard InChI is InChI=1S/C25H39N3O3S/c1-18(2)19-8-10-20(11-9-19)27-14-12-21(13-15-27)28-24-7-5-4-6-22(24)23(25(28)17-29)16-26-32(3,30)31/h4-7,18-21,26,29H,8-17H2,1-3H3/t19-,20+. The maximum absolute atomic E-state index is 11.7. The van der Waals surface area contributed by atoms with E-state index in [2.05, 4.69) is 34.1 Å². The highest BCUT2D eigenvalue weighted by Crippen LogP contribution is 2.37. The second kappa shape index (κ2) is 9.84. The van der Waals surface area contributed by atoms with Crippen molar-refractivity contribution in [3.8, 4) is 0 Å². The largest absolute Gasteiger partial charge is 0.390 e. The fraction of sp³-hybridized carbons (Fsp3) is 0.680. The molecule has 1 aromatic heterocycles. The van der Waals surface area contributed by atoms with E-state index in [0.29, 0.717) is 6.04 Å². The molecule has 0 spiro atoms. The summed E-state index contributed by atoms with van der Waals surface area (Å²) in [4.78, 5) is 2.70. The Morgan fingerprint density at radius 2 is 1.69 bits per heavy atom. The summed E-state index contributed by atoms with van der Waals surface area (Å²) in [6, 6.07) is 9.19. The minimum atomic E-state index is -3.31. The van der Waals surface area contributed by atoms with Gasteiger partial charge in [-0.2, -0.15) is 0 Å². The molecule has 0 atom stereocenters. The van der Waals surface area contributed by atoms with Crippen molar-refractivity contribution in [2.75, 3.05) is 19.3 Å². The minimum absolute atomic E-state index is 0.0884. The van der Waals surface area contributed by atoms with Crippen molar-refractivity contribution in [2.24, 2.45) is 11.8 Å². The number of para-hydroxylation sites is 1. The smallest absolute Gasteiger partial charge is 0.209 e. The van der Waals surface area contributed by atoms with Gasteiger partial charge in [0.1, 0.15) is 0 Å². The summed E-state index contributed by atoms with van der Waals surface area (Å²) < 4.78 is 28.3. The highest BCUT2D eigenvalue weighted by Gasteiger charge is 2.31. The molecule has 2 N–H and O–H groups in total. The normalized spacial score (nSPS) is 23.9. The van der Waals surface area contributed by atoms with Crippen LogP contribution < -0.4 is 4.72 Å². The molecule has 1 aliphatic carbocycles. The fourth-order valence-corrected chi connectivity index (χ4v) is 6.42. The number of benzene rings is 1. The number of hydrogen-bond donors (Lipinski definition) is 2. The zero-order valence-corrected chi connectivity index (χ0v) is 20.6. The maximum atomic E-state index is 11.7. The summed E-state index contributed by atoms with van der Waals surface area (Å²) in [5.41, 5.74) is 2.83. The highest BCUT2D eigenvalue weighted by molar-refractivity contribution is 7.88. The molecule has 178 valence electrons. The Morgan fingerprint density at radius 3 is 2.28 bits per heavy atom. The number of sulfonamides is 1. The van der Waals surface area contributed by atoms with E-state index in [9.17, 15) is 13.5 Å². The van der Waals surface area contributed by atoms with Crippen molar-refractivity contribution in [1.82, 2.24) is 14.2 Å². The van der Waals surface area contributed by atoms with Gasteiger partial charge in [0.2, 0.25) is 10.0 Å².